The number of carbonyl (C=O) groups is 2. The number of halogens is 1. The minimum atomic E-state index is -0.581. The second kappa shape index (κ2) is 6.19. The largest absolute Gasteiger partial charge is 0.467 e. The molecule has 2 aliphatic rings. The van der Waals surface area contributed by atoms with Gasteiger partial charge in [0.15, 0.2) is 0 Å². The highest BCUT2D eigenvalue weighted by Crippen LogP contribution is 2.51. The molecule has 128 valence electrons. The van der Waals surface area contributed by atoms with E-state index in [1.165, 1.54) is 7.11 Å². The monoisotopic (exact) mass is 355 g/mol. The zero-order valence-electron chi connectivity index (χ0n) is 13.8. The maximum atomic E-state index is 13.2. The number of esters is 1. The van der Waals surface area contributed by atoms with Crippen molar-refractivity contribution in [3.05, 3.63) is 64.7 Å². The Morgan fingerprint density at radius 2 is 1.84 bits per heavy atom. The molecule has 4 nitrogen and oxygen atoms in total. The number of hydrogen-bond donors (Lipinski definition) is 0. The molecule has 1 aliphatic heterocycles. The summed E-state index contributed by atoms with van der Waals surface area (Å²) in [5, 5.41) is 0.689. The second-order valence-electron chi connectivity index (χ2n) is 6.55. The lowest BCUT2D eigenvalue weighted by Crippen LogP contribution is -2.44. The number of anilines is 1. The summed E-state index contributed by atoms with van der Waals surface area (Å²) in [6.07, 6.45) is 1.26. The summed E-state index contributed by atoms with van der Waals surface area (Å²) in [4.78, 5) is 27.0. The van der Waals surface area contributed by atoms with Crippen molar-refractivity contribution in [2.45, 2.75) is 24.8 Å². The van der Waals surface area contributed by atoms with Gasteiger partial charge in [0.05, 0.1) is 7.11 Å². The van der Waals surface area contributed by atoms with E-state index in [1.807, 2.05) is 48.5 Å². The Morgan fingerprint density at radius 3 is 2.60 bits per heavy atom. The van der Waals surface area contributed by atoms with Gasteiger partial charge in [0.1, 0.15) is 6.04 Å². The summed E-state index contributed by atoms with van der Waals surface area (Å²) in [7, 11) is 1.36. The van der Waals surface area contributed by atoms with Crippen molar-refractivity contribution in [2.75, 3.05) is 12.0 Å². The van der Waals surface area contributed by atoms with Crippen LogP contribution >= 0.6 is 11.6 Å². The van der Waals surface area contributed by atoms with E-state index >= 15 is 0 Å². The van der Waals surface area contributed by atoms with Gasteiger partial charge in [-0.25, -0.2) is 4.79 Å². The summed E-state index contributed by atoms with van der Waals surface area (Å²) < 4.78 is 4.92. The van der Waals surface area contributed by atoms with Crippen LogP contribution in [0.15, 0.2) is 48.5 Å². The molecule has 0 bridgehead atoms. The Hall–Kier alpha value is -2.33. The molecule has 0 saturated heterocycles. The van der Waals surface area contributed by atoms with Gasteiger partial charge in [0, 0.05) is 23.0 Å². The first kappa shape index (κ1) is 16.2. The van der Waals surface area contributed by atoms with Crippen LogP contribution in [-0.4, -0.2) is 25.0 Å². The average Bonchev–Trinajstić information content (AvgIpc) is 3.33. The minimum absolute atomic E-state index is 0.0229. The molecule has 0 spiro atoms. The number of amides is 1. The van der Waals surface area contributed by atoms with Gasteiger partial charge < -0.3 is 4.74 Å². The Balaban J connectivity index is 1.62. The van der Waals surface area contributed by atoms with Crippen molar-refractivity contribution in [3.63, 3.8) is 0 Å². The smallest absolute Gasteiger partial charge is 0.329 e. The van der Waals surface area contributed by atoms with Gasteiger partial charge in [0.2, 0.25) is 5.91 Å². The van der Waals surface area contributed by atoms with Crippen molar-refractivity contribution in [2.24, 2.45) is 5.92 Å². The van der Waals surface area contributed by atoms with Crippen molar-refractivity contribution >= 4 is 29.2 Å². The number of carbonyl (C=O) groups excluding carboxylic acids is 2. The molecule has 3 atom stereocenters. The second-order valence-corrected chi connectivity index (χ2v) is 6.96. The number of rotatable bonds is 3. The number of hydrogen-bond acceptors (Lipinski definition) is 3. The van der Waals surface area contributed by atoms with Crippen molar-refractivity contribution in [1.29, 1.82) is 0 Å². The number of benzene rings is 2. The van der Waals surface area contributed by atoms with Gasteiger partial charge in [-0.1, -0.05) is 48.0 Å². The van der Waals surface area contributed by atoms with Crippen molar-refractivity contribution in [3.8, 4) is 0 Å². The Morgan fingerprint density at radius 1 is 1.12 bits per heavy atom. The van der Waals surface area contributed by atoms with Crippen molar-refractivity contribution in [1.82, 2.24) is 0 Å². The molecule has 1 amide bonds. The predicted molar refractivity (Wildman–Crippen MR) is 95.7 cm³/mol. The van der Waals surface area contributed by atoms with E-state index in [4.69, 9.17) is 16.3 Å². The number of methoxy groups -OCH3 is 1. The quantitative estimate of drug-likeness (QED) is 0.791. The summed E-state index contributed by atoms with van der Waals surface area (Å²) >= 11 is 6.27. The molecule has 2 aromatic carbocycles. The zero-order valence-corrected chi connectivity index (χ0v) is 14.6. The van der Waals surface area contributed by atoms with E-state index in [1.54, 1.807) is 4.90 Å². The van der Waals surface area contributed by atoms with Crippen LogP contribution in [-0.2, 0) is 20.7 Å². The summed E-state index contributed by atoms with van der Waals surface area (Å²) in [5.41, 5.74) is 2.82. The Bertz CT molecular complexity index is 850. The van der Waals surface area contributed by atoms with E-state index in [2.05, 4.69) is 0 Å². The van der Waals surface area contributed by atoms with E-state index in [9.17, 15) is 9.59 Å². The summed E-state index contributed by atoms with van der Waals surface area (Å²) in [6, 6.07) is 14.7. The zero-order chi connectivity index (χ0) is 17.6. The van der Waals surface area contributed by atoms with Crippen LogP contribution in [0, 0.1) is 5.92 Å². The molecule has 4 rings (SSSR count). The molecule has 2 aromatic rings. The Kier molecular flexibility index (Phi) is 4.00. The molecule has 1 saturated carbocycles. The standard InChI is InChI=1S/C20H18ClNO3/c1-25-20(24)18-10-12-6-2-5-9-17(12)22(18)19(23)15-11-14(15)13-7-3-4-8-16(13)21/h2-9,14-15,18H,10-11H2,1H3. The third-order valence-corrected chi connectivity index (χ3v) is 5.44. The molecule has 0 N–H and O–H groups in total. The highest BCUT2D eigenvalue weighted by Gasteiger charge is 2.50. The van der Waals surface area contributed by atoms with Crippen LogP contribution in [0.2, 0.25) is 5.02 Å². The van der Waals surface area contributed by atoms with Gasteiger partial charge >= 0.3 is 5.97 Å². The summed E-state index contributed by atoms with van der Waals surface area (Å²) in [6.45, 7) is 0. The number of nitrogens with zero attached hydrogens (tertiary/aromatic N) is 1. The van der Waals surface area contributed by atoms with Gasteiger partial charge in [0.25, 0.3) is 0 Å². The van der Waals surface area contributed by atoms with Crippen LogP contribution in [0.4, 0.5) is 5.69 Å². The molecule has 1 fully saturated rings. The lowest BCUT2D eigenvalue weighted by molar-refractivity contribution is -0.143. The third kappa shape index (κ3) is 2.71. The van der Waals surface area contributed by atoms with Gasteiger partial charge in [-0.15, -0.1) is 0 Å². The lowest BCUT2D eigenvalue weighted by Gasteiger charge is -2.24. The SMILES string of the molecule is COC(=O)C1Cc2ccccc2N1C(=O)C1CC1c1ccccc1Cl. The fraction of sp³-hybridized carbons (Fsp3) is 0.300. The maximum Gasteiger partial charge on any atom is 0.329 e. The van der Waals surface area contributed by atoms with Crippen LogP contribution in [0.1, 0.15) is 23.5 Å². The third-order valence-electron chi connectivity index (χ3n) is 5.10. The van der Waals surface area contributed by atoms with Gasteiger partial charge in [-0.2, -0.15) is 0 Å². The van der Waals surface area contributed by atoms with E-state index in [-0.39, 0.29) is 23.7 Å². The topological polar surface area (TPSA) is 46.6 Å². The van der Waals surface area contributed by atoms with E-state index < -0.39 is 6.04 Å². The average molecular weight is 356 g/mol. The summed E-state index contributed by atoms with van der Waals surface area (Å²) in [5.74, 6) is -0.421. The van der Waals surface area contributed by atoms with Crippen LogP contribution in [0.25, 0.3) is 0 Å². The van der Waals surface area contributed by atoms with Crippen LogP contribution < -0.4 is 4.90 Å². The first-order chi connectivity index (χ1) is 12.1. The molecule has 1 heterocycles. The molecular weight excluding hydrogens is 338 g/mol. The highest BCUT2D eigenvalue weighted by molar-refractivity contribution is 6.31. The maximum absolute atomic E-state index is 13.2. The van der Waals surface area contributed by atoms with Gasteiger partial charge in [-0.3, -0.25) is 9.69 Å². The molecule has 5 heteroatoms. The first-order valence-electron chi connectivity index (χ1n) is 8.35. The van der Waals surface area contributed by atoms with E-state index in [0.717, 1.165) is 23.2 Å². The number of ether oxygens (including phenoxy) is 1. The van der Waals surface area contributed by atoms with Gasteiger partial charge in [-0.05, 0) is 35.6 Å². The molecule has 25 heavy (non-hydrogen) atoms. The predicted octanol–water partition coefficient (Wildman–Crippen LogP) is 3.57. The molecule has 3 unspecified atom stereocenters. The molecule has 0 radical (unpaired) electrons. The fourth-order valence-corrected chi connectivity index (χ4v) is 4.03. The first-order valence-corrected chi connectivity index (χ1v) is 8.73. The van der Waals surface area contributed by atoms with Crippen LogP contribution in [0.3, 0.4) is 0 Å². The molecular formula is C20H18ClNO3. The fourth-order valence-electron chi connectivity index (χ4n) is 3.75. The Labute approximate surface area is 151 Å². The van der Waals surface area contributed by atoms with E-state index in [0.29, 0.717) is 11.4 Å². The minimum Gasteiger partial charge on any atom is -0.467 e. The lowest BCUT2D eigenvalue weighted by atomic mass is 10.1. The number of fused-ring (bicyclic) bond motifs is 1. The number of para-hydroxylation sites is 1. The molecule has 1 aliphatic carbocycles. The normalized spacial score (nSPS) is 23.9. The molecule has 0 aromatic heterocycles. The van der Waals surface area contributed by atoms with Crippen molar-refractivity contribution < 1.29 is 14.3 Å². The van der Waals surface area contributed by atoms with Crippen LogP contribution in [0.5, 0.6) is 0 Å². The highest BCUT2D eigenvalue weighted by atomic mass is 35.5.